The third-order valence-electron chi connectivity index (χ3n) is 2.59. The van der Waals surface area contributed by atoms with Gasteiger partial charge in [-0.25, -0.2) is 4.79 Å². The predicted octanol–water partition coefficient (Wildman–Crippen LogP) is 1.33. The molecule has 1 aromatic heterocycles. The topological polar surface area (TPSA) is 127 Å². The standard InChI is InChI=1S/C15H20BrN3O6/c1-8(12(21)18-14(23)19-15(2,3)4)24-11(20)7-17-13(22)9-5-6-10(16)25-9/h5-6,8H,7H2,1-4H3,(H,17,22)(H2,18,19,21,23)/t8-/m0/s1. The number of carbonyl (C=O) groups is 4. The number of rotatable bonds is 5. The van der Waals surface area contributed by atoms with Gasteiger partial charge >= 0.3 is 12.0 Å². The fourth-order valence-electron chi connectivity index (χ4n) is 1.55. The van der Waals surface area contributed by atoms with Gasteiger partial charge < -0.3 is 19.8 Å². The molecule has 10 heteroatoms. The highest BCUT2D eigenvalue weighted by atomic mass is 79.9. The predicted molar refractivity (Wildman–Crippen MR) is 90.7 cm³/mol. The number of halogens is 1. The minimum Gasteiger partial charge on any atom is -0.451 e. The molecule has 0 unspecified atom stereocenters. The molecular weight excluding hydrogens is 398 g/mol. The Balaban J connectivity index is 2.39. The lowest BCUT2D eigenvalue weighted by Crippen LogP contribution is -2.50. The molecule has 1 rings (SSSR count). The monoisotopic (exact) mass is 417 g/mol. The molecule has 0 saturated heterocycles. The van der Waals surface area contributed by atoms with Crippen LogP contribution in [0, 0.1) is 0 Å². The molecule has 9 nitrogen and oxygen atoms in total. The molecule has 0 aromatic carbocycles. The summed E-state index contributed by atoms with van der Waals surface area (Å²) in [6.07, 6.45) is -1.20. The number of amides is 4. The SMILES string of the molecule is C[C@H](OC(=O)CNC(=O)c1ccc(Br)o1)C(=O)NC(=O)NC(C)(C)C. The van der Waals surface area contributed by atoms with Crippen molar-refractivity contribution in [2.75, 3.05) is 6.54 Å². The number of urea groups is 1. The van der Waals surface area contributed by atoms with Crippen molar-refractivity contribution in [3.63, 3.8) is 0 Å². The van der Waals surface area contributed by atoms with Crippen molar-refractivity contribution in [2.24, 2.45) is 0 Å². The fourth-order valence-corrected chi connectivity index (χ4v) is 1.86. The number of imide groups is 1. The van der Waals surface area contributed by atoms with E-state index < -0.39 is 42.0 Å². The normalized spacial score (nSPS) is 12.0. The fraction of sp³-hybridized carbons (Fsp3) is 0.467. The highest BCUT2D eigenvalue weighted by Gasteiger charge is 2.22. The molecule has 4 amide bonds. The minimum absolute atomic E-state index is 0.0179. The average Bonchev–Trinajstić information content (AvgIpc) is 2.89. The number of nitrogens with one attached hydrogen (secondary N) is 3. The second-order valence-corrected chi connectivity index (χ2v) is 6.89. The van der Waals surface area contributed by atoms with Gasteiger partial charge in [0.2, 0.25) is 0 Å². The molecule has 25 heavy (non-hydrogen) atoms. The summed E-state index contributed by atoms with van der Waals surface area (Å²) in [7, 11) is 0. The second-order valence-electron chi connectivity index (χ2n) is 6.11. The zero-order valence-corrected chi connectivity index (χ0v) is 15.9. The molecule has 0 aliphatic heterocycles. The van der Waals surface area contributed by atoms with E-state index in [-0.39, 0.29) is 5.76 Å². The van der Waals surface area contributed by atoms with Gasteiger partial charge in [-0.3, -0.25) is 19.7 Å². The average molecular weight is 418 g/mol. The van der Waals surface area contributed by atoms with Crippen molar-refractivity contribution in [1.29, 1.82) is 0 Å². The lowest BCUT2D eigenvalue weighted by Gasteiger charge is -2.21. The molecule has 3 N–H and O–H groups in total. The highest BCUT2D eigenvalue weighted by Crippen LogP contribution is 2.13. The van der Waals surface area contributed by atoms with Crippen LogP contribution in [-0.4, -0.2) is 42.0 Å². The van der Waals surface area contributed by atoms with Gasteiger partial charge in [-0.05, 0) is 55.8 Å². The molecule has 0 bridgehead atoms. The Labute approximate surface area is 153 Å². The lowest BCUT2D eigenvalue weighted by atomic mass is 10.1. The summed E-state index contributed by atoms with van der Waals surface area (Å²) >= 11 is 3.05. The second kappa shape index (κ2) is 8.65. The number of carbonyl (C=O) groups excluding carboxylic acids is 4. The van der Waals surface area contributed by atoms with Crippen LogP contribution in [-0.2, 0) is 14.3 Å². The molecule has 1 atom stereocenters. The van der Waals surface area contributed by atoms with Gasteiger partial charge in [0.1, 0.15) is 6.54 Å². The van der Waals surface area contributed by atoms with Gasteiger partial charge in [0.25, 0.3) is 11.8 Å². The first kappa shape index (κ1) is 20.7. The molecular formula is C15H20BrN3O6. The minimum atomic E-state index is -1.20. The number of hydrogen-bond donors (Lipinski definition) is 3. The maximum atomic E-state index is 11.8. The molecule has 138 valence electrons. The van der Waals surface area contributed by atoms with Crippen molar-refractivity contribution < 1.29 is 28.3 Å². The Morgan fingerprint density at radius 1 is 1.24 bits per heavy atom. The first-order chi connectivity index (χ1) is 11.5. The Kier molecular flexibility index (Phi) is 7.16. The van der Waals surface area contributed by atoms with E-state index in [4.69, 9.17) is 9.15 Å². The zero-order valence-electron chi connectivity index (χ0n) is 14.3. The number of esters is 1. The van der Waals surface area contributed by atoms with Crippen LogP contribution in [0.15, 0.2) is 21.2 Å². The van der Waals surface area contributed by atoms with E-state index in [0.717, 1.165) is 0 Å². The summed E-state index contributed by atoms with van der Waals surface area (Å²) < 4.78 is 10.2. The summed E-state index contributed by atoms with van der Waals surface area (Å²) in [5.74, 6) is -2.21. The molecule has 0 aliphatic carbocycles. The van der Waals surface area contributed by atoms with Crippen molar-refractivity contribution in [3.8, 4) is 0 Å². The van der Waals surface area contributed by atoms with E-state index in [1.165, 1.54) is 19.1 Å². The molecule has 0 spiro atoms. The molecule has 1 heterocycles. The summed E-state index contributed by atoms with van der Waals surface area (Å²) in [4.78, 5) is 46.7. The van der Waals surface area contributed by atoms with E-state index >= 15 is 0 Å². The van der Waals surface area contributed by atoms with Crippen LogP contribution in [0.4, 0.5) is 4.79 Å². The third kappa shape index (κ3) is 7.84. The quantitative estimate of drug-likeness (QED) is 0.620. The first-order valence-corrected chi connectivity index (χ1v) is 8.13. The molecule has 0 saturated carbocycles. The number of ether oxygens (including phenoxy) is 1. The van der Waals surface area contributed by atoms with Crippen LogP contribution in [0.25, 0.3) is 0 Å². The van der Waals surface area contributed by atoms with Gasteiger partial charge in [-0.2, -0.15) is 0 Å². The van der Waals surface area contributed by atoms with E-state index in [9.17, 15) is 19.2 Å². The van der Waals surface area contributed by atoms with Crippen molar-refractivity contribution in [2.45, 2.75) is 39.3 Å². The van der Waals surface area contributed by atoms with Crippen LogP contribution >= 0.6 is 15.9 Å². The van der Waals surface area contributed by atoms with Crippen molar-refractivity contribution in [1.82, 2.24) is 16.0 Å². The zero-order chi connectivity index (χ0) is 19.2. The summed E-state index contributed by atoms with van der Waals surface area (Å²) in [6, 6.07) is 2.26. The van der Waals surface area contributed by atoms with Crippen LogP contribution < -0.4 is 16.0 Å². The Bertz CT molecular complexity index is 664. The van der Waals surface area contributed by atoms with Crippen LogP contribution in [0.3, 0.4) is 0 Å². The smallest absolute Gasteiger partial charge is 0.326 e. The molecule has 0 fully saturated rings. The Morgan fingerprint density at radius 2 is 1.88 bits per heavy atom. The van der Waals surface area contributed by atoms with Gasteiger partial charge in [0, 0.05) is 5.54 Å². The molecule has 0 aliphatic rings. The largest absolute Gasteiger partial charge is 0.451 e. The maximum absolute atomic E-state index is 11.8. The van der Waals surface area contributed by atoms with E-state index in [0.29, 0.717) is 4.67 Å². The molecule has 0 radical (unpaired) electrons. The van der Waals surface area contributed by atoms with Gasteiger partial charge in [0.15, 0.2) is 16.5 Å². The summed E-state index contributed by atoms with van der Waals surface area (Å²) in [5, 5.41) is 6.89. The van der Waals surface area contributed by atoms with E-state index in [1.807, 2.05) is 0 Å². The maximum Gasteiger partial charge on any atom is 0.326 e. The van der Waals surface area contributed by atoms with Gasteiger partial charge in [-0.15, -0.1) is 0 Å². The highest BCUT2D eigenvalue weighted by molar-refractivity contribution is 9.10. The number of furan rings is 1. The van der Waals surface area contributed by atoms with E-state index in [1.54, 1.807) is 20.8 Å². The Morgan fingerprint density at radius 3 is 2.40 bits per heavy atom. The summed E-state index contributed by atoms with van der Waals surface area (Å²) in [6.45, 7) is 6.11. The van der Waals surface area contributed by atoms with Crippen molar-refractivity contribution >= 4 is 39.7 Å². The summed E-state index contributed by atoms with van der Waals surface area (Å²) in [5.41, 5.74) is -0.518. The van der Waals surface area contributed by atoms with Gasteiger partial charge in [0.05, 0.1) is 0 Å². The van der Waals surface area contributed by atoms with Crippen LogP contribution in [0.2, 0.25) is 0 Å². The lowest BCUT2D eigenvalue weighted by molar-refractivity contribution is -0.153. The van der Waals surface area contributed by atoms with Gasteiger partial charge in [-0.1, -0.05) is 0 Å². The Hall–Kier alpha value is -2.36. The van der Waals surface area contributed by atoms with Crippen molar-refractivity contribution in [3.05, 3.63) is 22.6 Å². The molecule has 1 aromatic rings. The van der Waals surface area contributed by atoms with Crippen LogP contribution in [0.1, 0.15) is 38.2 Å². The third-order valence-corrected chi connectivity index (χ3v) is 3.02. The van der Waals surface area contributed by atoms with E-state index in [2.05, 4.69) is 31.9 Å². The number of hydrogen-bond acceptors (Lipinski definition) is 6. The van der Waals surface area contributed by atoms with Crippen LogP contribution in [0.5, 0.6) is 0 Å². The first-order valence-electron chi connectivity index (χ1n) is 7.34.